The van der Waals surface area contributed by atoms with Crippen molar-refractivity contribution in [2.24, 2.45) is 5.41 Å². The van der Waals surface area contributed by atoms with Crippen LogP contribution in [-0.2, 0) is 4.79 Å². The predicted octanol–water partition coefficient (Wildman–Crippen LogP) is 3.93. The number of nitrogens with one attached hydrogen (secondary N) is 1. The van der Waals surface area contributed by atoms with Gasteiger partial charge in [-0.15, -0.1) is 11.8 Å². The summed E-state index contributed by atoms with van der Waals surface area (Å²) in [7, 11) is 0. The summed E-state index contributed by atoms with van der Waals surface area (Å²) < 4.78 is 0. The zero-order valence-electron chi connectivity index (χ0n) is 10.5. The summed E-state index contributed by atoms with van der Waals surface area (Å²) in [6.07, 6.45) is 6.42. The number of amides is 1. The van der Waals surface area contributed by atoms with Gasteiger partial charge in [0.1, 0.15) is 0 Å². The maximum absolute atomic E-state index is 12.2. The van der Waals surface area contributed by atoms with Crippen molar-refractivity contribution in [1.29, 1.82) is 0 Å². The maximum atomic E-state index is 12.2. The molecule has 0 aromatic heterocycles. The Kier molecular flexibility index (Phi) is 3.77. The zero-order valence-corrected chi connectivity index (χ0v) is 11.3. The van der Waals surface area contributed by atoms with Crippen LogP contribution in [-0.4, -0.2) is 12.2 Å². The molecule has 0 heterocycles. The van der Waals surface area contributed by atoms with Crippen LogP contribution in [0.2, 0.25) is 0 Å². The highest BCUT2D eigenvalue weighted by atomic mass is 32.2. The Balaban J connectivity index is 2.07. The predicted molar refractivity (Wildman–Crippen MR) is 73.4 cm³/mol. The standard InChI is InChI=1S/C14H19NOS/c1-14(8-3-4-9-14)13(16)15-11-6-5-7-12(10-11)17-2/h5-7,10H,3-4,8-9H2,1-2H3,(H,15,16). The topological polar surface area (TPSA) is 29.1 Å². The molecular weight excluding hydrogens is 230 g/mol. The summed E-state index contributed by atoms with van der Waals surface area (Å²) in [5, 5.41) is 3.05. The molecule has 1 N–H and O–H groups in total. The molecule has 1 aliphatic rings. The van der Waals surface area contributed by atoms with Gasteiger partial charge in [0, 0.05) is 16.0 Å². The van der Waals surface area contributed by atoms with Gasteiger partial charge in [-0.1, -0.05) is 25.8 Å². The van der Waals surface area contributed by atoms with E-state index in [4.69, 9.17) is 0 Å². The van der Waals surface area contributed by atoms with Crippen LogP contribution in [0, 0.1) is 5.41 Å². The van der Waals surface area contributed by atoms with Gasteiger partial charge < -0.3 is 5.32 Å². The molecule has 1 saturated carbocycles. The second-order valence-electron chi connectivity index (χ2n) is 4.95. The number of carbonyl (C=O) groups excluding carboxylic acids is 1. The first kappa shape index (κ1) is 12.5. The molecule has 92 valence electrons. The van der Waals surface area contributed by atoms with E-state index in [-0.39, 0.29) is 11.3 Å². The Hall–Kier alpha value is -0.960. The van der Waals surface area contributed by atoms with Crippen molar-refractivity contribution in [1.82, 2.24) is 0 Å². The van der Waals surface area contributed by atoms with Crippen molar-refractivity contribution in [3.05, 3.63) is 24.3 Å². The highest BCUT2D eigenvalue weighted by Crippen LogP contribution is 2.38. The molecule has 2 rings (SSSR count). The molecule has 1 aromatic carbocycles. The van der Waals surface area contributed by atoms with Gasteiger partial charge in [0.2, 0.25) is 5.91 Å². The van der Waals surface area contributed by atoms with Crippen LogP contribution in [0.1, 0.15) is 32.6 Å². The molecule has 1 amide bonds. The van der Waals surface area contributed by atoms with Gasteiger partial charge in [-0.3, -0.25) is 4.79 Å². The van der Waals surface area contributed by atoms with E-state index >= 15 is 0 Å². The second-order valence-corrected chi connectivity index (χ2v) is 5.83. The third-order valence-electron chi connectivity index (χ3n) is 3.58. The Labute approximate surface area is 107 Å². The first-order chi connectivity index (χ1) is 8.14. The fraction of sp³-hybridized carbons (Fsp3) is 0.500. The van der Waals surface area contributed by atoms with Crippen LogP contribution in [0.3, 0.4) is 0 Å². The SMILES string of the molecule is CSc1cccc(NC(=O)C2(C)CCCC2)c1. The summed E-state index contributed by atoms with van der Waals surface area (Å²) in [6.45, 7) is 2.08. The maximum Gasteiger partial charge on any atom is 0.230 e. The Morgan fingerprint density at radius 2 is 2.06 bits per heavy atom. The lowest BCUT2D eigenvalue weighted by Crippen LogP contribution is -2.30. The smallest absolute Gasteiger partial charge is 0.230 e. The number of hydrogen-bond acceptors (Lipinski definition) is 2. The first-order valence-corrected chi connectivity index (χ1v) is 7.32. The Morgan fingerprint density at radius 1 is 1.35 bits per heavy atom. The number of anilines is 1. The van der Waals surface area contributed by atoms with Crippen molar-refractivity contribution in [2.45, 2.75) is 37.5 Å². The van der Waals surface area contributed by atoms with Crippen molar-refractivity contribution >= 4 is 23.4 Å². The number of carbonyl (C=O) groups is 1. The number of benzene rings is 1. The van der Waals surface area contributed by atoms with E-state index in [1.54, 1.807) is 11.8 Å². The summed E-state index contributed by atoms with van der Waals surface area (Å²) in [4.78, 5) is 13.4. The molecule has 1 fully saturated rings. The minimum absolute atomic E-state index is 0.157. The number of rotatable bonds is 3. The van der Waals surface area contributed by atoms with Crippen LogP contribution >= 0.6 is 11.8 Å². The Morgan fingerprint density at radius 3 is 2.71 bits per heavy atom. The molecule has 0 spiro atoms. The quantitative estimate of drug-likeness (QED) is 0.822. The van der Waals surface area contributed by atoms with Gasteiger partial charge in [-0.05, 0) is 37.3 Å². The van der Waals surface area contributed by atoms with E-state index in [9.17, 15) is 4.79 Å². The zero-order chi connectivity index (χ0) is 12.3. The van der Waals surface area contributed by atoms with Gasteiger partial charge in [-0.2, -0.15) is 0 Å². The minimum Gasteiger partial charge on any atom is -0.326 e. The summed E-state index contributed by atoms with van der Waals surface area (Å²) in [5.41, 5.74) is 0.755. The van der Waals surface area contributed by atoms with Crippen LogP contribution in [0.25, 0.3) is 0 Å². The van der Waals surface area contributed by atoms with Gasteiger partial charge in [-0.25, -0.2) is 0 Å². The van der Waals surface area contributed by atoms with Crippen LogP contribution < -0.4 is 5.32 Å². The third kappa shape index (κ3) is 2.83. The van der Waals surface area contributed by atoms with Gasteiger partial charge in [0.05, 0.1) is 0 Å². The lowest BCUT2D eigenvalue weighted by atomic mass is 9.88. The average molecular weight is 249 g/mol. The lowest BCUT2D eigenvalue weighted by Gasteiger charge is -2.22. The van der Waals surface area contributed by atoms with Gasteiger partial charge >= 0.3 is 0 Å². The molecule has 17 heavy (non-hydrogen) atoms. The van der Waals surface area contributed by atoms with Crippen LogP contribution in [0.4, 0.5) is 5.69 Å². The van der Waals surface area contributed by atoms with E-state index in [0.29, 0.717) is 0 Å². The molecule has 0 saturated heterocycles. The van der Waals surface area contributed by atoms with E-state index in [1.807, 2.05) is 24.5 Å². The van der Waals surface area contributed by atoms with Crippen molar-refractivity contribution in [3.8, 4) is 0 Å². The average Bonchev–Trinajstić information content (AvgIpc) is 2.78. The summed E-state index contributed by atoms with van der Waals surface area (Å²) >= 11 is 1.69. The monoisotopic (exact) mass is 249 g/mol. The summed E-state index contributed by atoms with van der Waals surface area (Å²) in [5.74, 6) is 0.174. The highest BCUT2D eigenvalue weighted by Gasteiger charge is 2.36. The summed E-state index contributed by atoms with van der Waals surface area (Å²) in [6, 6.07) is 8.02. The van der Waals surface area contributed by atoms with Crippen molar-refractivity contribution in [3.63, 3.8) is 0 Å². The number of thioether (sulfide) groups is 1. The molecule has 0 aliphatic heterocycles. The fourth-order valence-corrected chi connectivity index (χ4v) is 2.82. The molecule has 0 bridgehead atoms. The molecule has 0 radical (unpaired) electrons. The lowest BCUT2D eigenvalue weighted by molar-refractivity contribution is -0.124. The number of hydrogen-bond donors (Lipinski definition) is 1. The molecule has 1 aliphatic carbocycles. The molecule has 0 atom stereocenters. The van der Waals surface area contributed by atoms with E-state index < -0.39 is 0 Å². The molecule has 1 aromatic rings. The largest absolute Gasteiger partial charge is 0.326 e. The normalized spacial score (nSPS) is 18.0. The Bertz CT molecular complexity index is 410. The fourth-order valence-electron chi connectivity index (χ4n) is 2.37. The molecule has 0 unspecified atom stereocenters. The third-order valence-corrected chi connectivity index (χ3v) is 4.31. The minimum atomic E-state index is -0.157. The van der Waals surface area contributed by atoms with Crippen LogP contribution in [0.5, 0.6) is 0 Å². The molecule has 2 nitrogen and oxygen atoms in total. The first-order valence-electron chi connectivity index (χ1n) is 6.09. The van der Waals surface area contributed by atoms with E-state index in [0.717, 1.165) is 18.5 Å². The molecular formula is C14H19NOS. The van der Waals surface area contributed by atoms with Gasteiger partial charge in [0.25, 0.3) is 0 Å². The van der Waals surface area contributed by atoms with Crippen molar-refractivity contribution < 1.29 is 4.79 Å². The van der Waals surface area contributed by atoms with E-state index in [1.165, 1.54) is 17.7 Å². The highest BCUT2D eigenvalue weighted by molar-refractivity contribution is 7.98. The molecule has 3 heteroatoms. The van der Waals surface area contributed by atoms with Crippen molar-refractivity contribution in [2.75, 3.05) is 11.6 Å². The van der Waals surface area contributed by atoms with E-state index in [2.05, 4.69) is 18.3 Å². The van der Waals surface area contributed by atoms with Crippen LogP contribution in [0.15, 0.2) is 29.2 Å². The second kappa shape index (κ2) is 5.13. The van der Waals surface area contributed by atoms with Gasteiger partial charge in [0.15, 0.2) is 0 Å².